The monoisotopic (exact) mass is 211 g/mol. The van der Waals surface area contributed by atoms with Crippen LogP contribution in [0.3, 0.4) is 0 Å². The van der Waals surface area contributed by atoms with Gasteiger partial charge in [-0.25, -0.2) is 0 Å². The van der Waals surface area contributed by atoms with Gasteiger partial charge in [-0.3, -0.25) is 0 Å². The molecule has 0 aliphatic heterocycles. The van der Waals surface area contributed by atoms with Crippen LogP contribution < -0.4 is 5.73 Å². The molecule has 2 N–H and O–H groups in total. The molecule has 0 bridgehead atoms. The summed E-state index contributed by atoms with van der Waals surface area (Å²) in [5.41, 5.74) is 13.1. The summed E-state index contributed by atoms with van der Waals surface area (Å²) < 4.78 is 0. The quantitative estimate of drug-likeness (QED) is 0.712. The van der Waals surface area contributed by atoms with E-state index in [0.29, 0.717) is 0 Å². The van der Waals surface area contributed by atoms with Crippen LogP contribution in [0.4, 0.5) is 5.69 Å². The topological polar surface area (TPSA) is 26.0 Å². The van der Waals surface area contributed by atoms with E-state index < -0.39 is 0 Å². The maximum atomic E-state index is 5.98. The Kier molecular flexibility index (Phi) is 2.69. The molecule has 0 fully saturated rings. The van der Waals surface area contributed by atoms with Gasteiger partial charge in [0.1, 0.15) is 0 Å². The molecular formula is C15H17N. The van der Waals surface area contributed by atoms with E-state index in [1.807, 2.05) is 6.92 Å². The number of aryl methyl sites for hydroxylation is 3. The lowest BCUT2D eigenvalue weighted by Crippen LogP contribution is -1.94. The van der Waals surface area contributed by atoms with E-state index in [-0.39, 0.29) is 0 Å². The summed E-state index contributed by atoms with van der Waals surface area (Å²) in [7, 11) is 0. The molecule has 0 atom stereocenters. The van der Waals surface area contributed by atoms with Crippen LogP contribution in [0.15, 0.2) is 36.4 Å². The van der Waals surface area contributed by atoms with Crippen molar-refractivity contribution in [2.24, 2.45) is 0 Å². The van der Waals surface area contributed by atoms with E-state index in [4.69, 9.17) is 5.73 Å². The fraction of sp³-hybridized carbons (Fsp3) is 0.200. The molecule has 1 nitrogen and oxygen atoms in total. The predicted molar refractivity (Wildman–Crippen MR) is 70.5 cm³/mol. The zero-order valence-corrected chi connectivity index (χ0v) is 10.0. The van der Waals surface area contributed by atoms with Crippen LogP contribution >= 0.6 is 0 Å². The minimum absolute atomic E-state index is 0.865. The first-order valence-electron chi connectivity index (χ1n) is 5.52. The summed E-state index contributed by atoms with van der Waals surface area (Å²) >= 11 is 0. The SMILES string of the molecule is Cc1cc(C)c(-c2ccccc2C)cc1N. The third kappa shape index (κ3) is 1.81. The Balaban J connectivity index is 2.65. The van der Waals surface area contributed by atoms with Crippen molar-refractivity contribution in [3.8, 4) is 11.1 Å². The highest BCUT2D eigenvalue weighted by Crippen LogP contribution is 2.29. The van der Waals surface area contributed by atoms with E-state index in [9.17, 15) is 0 Å². The second kappa shape index (κ2) is 4.01. The summed E-state index contributed by atoms with van der Waals surface area (Å²) in [5.74, 6) is 0. The number of hydrogen-bond donors (Lipinski definition) is 1. The van der Waals surface area contributed by atoms with Crippen LogP contribution in [0.2, 0.25) is 0 Å². The Morgan fingerprint density at radius 1 is 0.750 bits per heavy atom. The van der Waals surface area contributed by atoms with Crippen molar-refractivity contribution in [1.82, 2.24) is 0 Å². The van der Waals surface area contributed by atoms with Crippen molar-refractivity contribution < 1.29 is 0 Å². The largest absolute Gasteiger partial charge is 0.398 e. The van der Waals surface area contributed by atoms with Gasteiger partial charge < -0.3 is 5.73 Å². The van der Waals surface area contributed by atoms with E-state index >= 15 is 0 Å². The zero-order chi connectivity index (χ0) is 11.7. The third-order valence-corrected chi connectivity index (χ3v) is 3.05. The Hall–Kier alpha value is -1.76. The molecule has 0 saturated carbocycles. The molecule has 0 radical (unpaired) electrons. The average molecular weight is 211 g/mol. The summed E-state index contributed by atoms with van der Waals surface area (Å²) in [6, 6.07) is 12.6. The van der Waals surface area contributed by atoms with Gasteiger partial charge in [0.05, 0.1) is 0 Å². The first-order valence-corrected chi connectivity index (χ1v) is 5.52. The molecule has 0 amide bonds. The normalized spacial score (nSPS) is 10.4. The third-order valence-electron chi connectivity index (χ3n) is 3.05. The fourth-order valence-electron chi connectivity index (χ4n) is 2.03. The highest BCUT2D eigenvalue weighted by molar-refractivity contribution is 5.74. The lowest BCUT2D eigenvalue weighted by atomic mass is 9.94. The Labute approximate surface area is 96.9 Å². The first-order chi connectivity index (χ1) is 7.59. The Morgan fingerprint density at radius 3 is 2.12 bits per heavy atom. The van der Waals surface area contributed by atoms with Crippen molar-refractivity contribution in [1.29, 1.82) is 0 Å². The fourth-order valence-corrected chi connectivity index (χ4v) is 2.03. The van der Waals surface area contributed by atoms with Gasteiger partial charge in [0.15, 0.2) is 0 Å². The number of nitrogens with two attached hydrogens (primary N) is 1. The van der Waals surface area contributed by atoms with E-state index in [1.165, 1.54) is 22.3 Å². The molecule has 1 heteroatoms. The summed E-state index contributed by atoms with van der Waals surface area (Å²) in [6.45, 7) is 6.31. The average Bonchev–Trinajstić information content (AvgIpc) is 2.25. The van der Waals surface area contributed by atoms with Crippen LogP contribution in [0.1, 0.15) is 16.7 Å². The van der Waals surface area contributed by atoms with Crippen LogP contribution in [0.25, 0.3) is 11.1 Å². The molecule has 0 aromatic heterocycles. The van der Waals surface area contributed by atoms with Gasteiger partial charge in [-0.1, -0.05) is 30.3 Å². The number of nitrogen functional groups attached to an aromatic ring is 1. The molecule has 2 aromatic carbocycles. The highest BCUT2D eigenvalue weighted by Gasteiger charge is 2.06. The first kappa shape index (κ1) is 10.7. The molecule has 82 valence electrons. The van der Waals surface area contributed by atoms with Crippen LogP contribution in [0, 0.1) is 20.8 Å². The molecule has 0 unspecified atom stereocenters. The standard InChI is InChI=1S/C15H17N/c1-10-6-4-5-7-13(10)14-9-15(16)12(3)8-11(14)2/h4-9H,16H2,1-3H3. The lowest BCUT2D eigenvalue weighted by Gasteiger charge is -2.12. The van der Waals surface area contributed by atoms with Crippen molar-refractivity contribution in [3.63, 3.8) is 0 Å². The molecule has 2 aromatic rings. The number of hydrogen-bond acceptors (Lipinski definition) is 1. The molecule has 0 aliphatic rings. The number of anilines is 1. The molecular weight excluding hydrogens is 194 g/mol. The molecule has 0 heterocycles. The minimum Gasteiger partial charge on any atom is -0.398 e. The summed E-state index contributed by atoms with van der Waals surface area (Å²) in [6.07, 6.45) is 0. The molecule has 0 saturated heterocycles. The second-order valence-electron chi connectivity index (χ2n) is 4.34. The second-order valence-corrected chi connectivity index (χ2v) is 4.34. The van der Waals surface area contributed by atoms with Gasteiger partial charge in [-0.15, -0.1) is 0 Å². The Morgan fingerprint density at radius 2 is 1.44 bits per heavy atom. The predicted octanol–water partition coefficient (Wildman–Crippen LogP) is 3.86. The van der Waals surface area contributed by atoms with E-state index in [1.54, 1.807) is 0 Å². The number of benzene rings is 2. The Bertz CT molecular complexity index is 527. The van der Waals surface area contributed by atoms with Crippen LogP contribution in [-0.4, -0.2) is 0 Å². The van der Waals surface area contributed by atoms with Gasteiger partial charge in [0, 0.05) is 5.69 Å². The van der Waals surface area contributed by atoms with Gasteiger partial charge in [0.2, 0.25) is 0 Å². The smallest absolute Gasteiger partial charge is 0.0350 e. The zero-order valence-electron chi connectivity index (χ0n) is 10.0. The van der Waals surface area contributed by atoms with E-state index in [2.05, 4.69) is 50.2 Å². The summed E-state index contributed by atoms with van der Waals surface area (Å²) in [5, 5.41) is 0. The van der Waals surface area contributed by atoms with E-state index in [0.717, 1.165) is 11.3 Å². The van der Waals surface area contributed by atoms with Crippen molar-refractivity contribution in [3.05, 3.63) is 53.1 Å². The highest BCUT2D eigenvalue weighted by atomic mass is 14.6. The van der Waals surface area contributed by atoms with Crippen molar-refractivity contribution in [2.45, 2.75) is 20.8 Å². The molecule has 16 heavy (non-hydrogen) atoms. The van der Waals surface area contributed by atoms with Crippen LogP contribution in [0.5, 0.6) is 0 Å². The summed E-state index contributed by atoms with van der Waals surface area (Å²) in [4.78, 5) is 0. The van der Waals surface area contributed by atoms with Crippen LogP contribution in [-0.2, 0) is 0 Å². The van der Waals surface area contributed by atoms with Gasteiger partial charge in [-0.05, 0) is 54.7 Å². The van der Waals surface area contributed by atoms with Gasteiger partial charge in [-0.2, -0.15) is 0 Å². The maximum Gasteiger partial charge on any atom is 0.0350 e. The lowest BCUT2D eigenvalue weighted by molar-refractivity contribution is 1.36. The minimum atomic E-state index is 0.865. The molecule has 0 aliphatic carbocycles. The molecule has 2 rings (SSSR count). The van der Waals surface area contributed by atoms with Gasteiger partial charge in [0.25, 0.3) is 0 Å². The molecule has 0 spiro atoms. The van der Waals surface area contributed by atoms with Gasteiger partial charge >= 0.3 is 0 Å². The van der Waals surface area contributed by atoms with Crippen molar-refractivity contribution >= 4 is 5.69 Å². The maximum absolute atomic E-state index is 5.98. The van der Waals surface area contributed by atoms with Crippen molar-refractivity contribution in [2.75, 3.05) is 5.73 Å². The number of rotatable bonds is 1.